The van der Waals surface area contributed by atoms with Gasteiger partial charge in [0.05, 0.1) is 6.54 Å². The highest BCUT2D eigenvalue weighted by Gasteiger charge is 2.21. The number of carboxylic acid groups (broad SMARTS) is 1. The van der Waals surface area contributed by atoms with E-state index < -0.39 is 5.97 Å². The van der Waals surface area contributed by atoms with Crippen LogP contribution in [0.15, 0.2) is 36.4 Å². The van der Waals surface area contributed by atoms with Crippen LogP contribution in [0, 0.1) is 0 Å². The molecule has 116 valence electrons. The maximum absolute atomic E-state index is 10.9. The number of rotatable bonds is 2. The first-order chi connectivity index (χ1) is 11.1. The lowest BCUT2D eigenvalue weighted by Gasteiger charge is -2.29. The fourth-order valence-electron chi connectivity index (χ4n) is 3.00. The van der Waals surface area contributed by atoms with E-state index in [1.165, 1.54) is 6.07 Å². The van der Waals surface area contributed by atoms with Crippen LogP contribution >= 0.6 is 11.6 Å². The van der Waals surface area contributed by atoms with Crippen molar-refractivity contribution in [1.29, 1.82) is 0 Å². The molecule has 1 aromatic carbocycles. The topological polar surface area (TPSA) is 71.2 Å². The SMILES string of the molecule is O=C(O)c1ccc(N2CCn3c(cc4c(Cl)cccc43)C2)nn1. The molecule has 23 heavy (non-hydrogen) atoms. The molecule has 6 nitrogen and oxygen atoms in total. The van der Waals surface area contributed by atoms with E-state index in [-0.39, 0.29) is 5.69 Å². The molecule has 0 saturated carbocycles. The minimum Gasteiger partial charge on any atom is -0.476 e. The molecule has 0 saturated heterocycles. The predicted molar refractivity (Wildman–Crippen MR) is 87.0 cm³/mol. The largest absolute Gasteiger partial charge is 0.476 e. The van der Waals surface area contributed by atoms with Crippen molar-refractivity contribution < 1.29 is 9.90 Å². The van der Waals surface area contributed by atoms with Crippen molar-refractivity contribution in [1.82, 2.24) is 14.8 Å². The van der Waals surface area contributed by atoms with E-state index in [2.05, 4.69) is 31.8 Å². The minimum atomic E-state index is -1.07. The number of nitrogens with zero attached hydrogens (tertiary/aromatic N) is 4. The lowest BCUT2D eigenvalue weighted by molar-refractivity contribution is 0.0689. The third kappa shape index (κ3) is 2.31. The average molecular weight is 329 g/mol. The van der Waals surface area contributed by atoms with Gasteiger partial charge in [-0.05, 0) is 30.3 Å². The number of carbonyl (C=O) groups is 1. The van der Waals surface area contributed by atoms with Crippen LogP contribution in [0.2, 0.25) is 5.02 Å². The number of anilines is 1. The maximum atomic E-state index is 10.9. The Labute approximate surface area is 136 Å². The highest BCUT2D eigenvalue weighted by Crippen LogP contribution is 2.30. The summed E-state index contributed by atoms with van der Waals surface area (Å²) in [5.41, 5.74) is 2.24. The molecule has 2 aromatic heterocycles. The van der Waals surface area contributed by atoms with Crippen molar-refractivity contribution in [3.8, 4) is 0 Å². The first-order valence-corrected chi connectivity index (χ1v) is 7.60. The fourth-order valence-corrected chi connectivity index (χ4v) is 3.22. The standard InChI is InChI=1S/C16H13ClN4O2/c17-12-2-1-3-14-11(12)8-10-9-20(6-7-21(10)14)15-5-4-13(16(22)23)18-19-15/h1-5,8H,6-7,9H2,(H,22,23). The zero-order valence-electron chi connectivity index (χ0n) is 12.1. The van der Waals surface area contributed by atoms with E-state index in [9.17, 15) is 4.79 Å². The zero-order chi connectivity index (χ0) is 16.0. The van der Waals surface area contributed by atoms with Crippen molar-refractivity contribution >= 4 is 34.3 Å². The summed E-state index contributed by atoms with van der Waals surface area (Å²) in [7, 11) is 0. The quantitative estimate of drug-likeness (QED) is 0.783. The van der Waals surface area contributed by atoms with Crippen LogP contribution < -0.4 is 4.90 Å². The molecule has 0 spiro atoms. The number of aromatic carboxylic acids is 1. The number of halogens is 1. The molecular weight excluding hydrogens is 316 g/mol. The second-order valence-electron chi connectivity index (χ2n) is 5.46. The smallest absolute Gasteiger partial charge is 0.356 e. The molecule has 1 N–H and O–H groups in total. The normalized spacial score (nSPS) is 14.0. The first kappa shape index (κ1) is 14.0. The molecule has 0 atom stereocenters. The number of hydrogen-bond donors (Lipinski definition) is 1. The van der Waals surface area contributed by atoms with Gasteiger partial charge in [0.1, 0.15) is 0 Å². The van der Waals surface area contributed by atoms with E-state index >= 15 is 0 Å². The second-order valence-corrected chi connectivity index (χ2v) is 5.87. The Morgan fingerprint density at radius 1 is 1.17 bits per heavy atom. The second kappa shape index (κ2) is 5.24. The molecule has 3 aromatic rings. The molecule has 0 amide bonds. The molecule has 4 rings (SSSR count). The number of carboxylic acids is 1. The number of aromatic nitrogens is 3. The van der Waals surface area contributed by atoms with Gasteiger partial charge in [0.25, 0.3) is 0 Å². The molecule has 0 bridgehead atoms. The first-order valence-electron chi connectivity index (χ1n) is 7.22. The van der Waals surface area contributed by atoms with Crippen LogP contribution in [0.4, 0.5) is 5.82 Å². The van der Waals surface area contributed by atoms with Gasteiger partial charge in [-0.15, -0.1) is 10.2 Å². The summed E-state index contributed by atoms with van der Waals surface area (Å²) in [6.07, 6.45) is 0. The van der Waals surface area contributed by atoms with Crippen molar-refractivity contribution in [2.24, 2.45) is 0 Å². The number of fused-ring (bicyclic) bond motifs is 3. The molecular formula is C16H13ClN4O2. The van der Waals surface area contributed by atoms with Crippen LogP contribution in [-0.2, 0) is 13.1 Å². The van der Waals surface area contributed by atoms with Crippen LogP contribution in [0.25, 0.3) is 10.9 Å². The third-order valence-corrected chi connectivity index (χ3v) is 4.45. The minimum absolute atomic E-state index is 0.0494. The van der Waals surface area contributed by atoms with E-state index in [1.54, 1.807) is 6.07 Å². The summed E-state index contributed by atoms with van der Waals surface area (Å²) >= 11 is 6.27. The summed E-state index contributed by atoms with van der Waals surface area (Å²) in [5.74, 6) is -0.393. The Bertz CT molecular complexity index is 904. The van der Waals surface area contributed by atoms with E-state index in [0.29, 0.717) is 12.4 Å². The Kier molecular flexibility index (Phi) is 3.20. The van der Waals surface area contributed by atoms with Gasteiger partial charge >= 0.3 is 5.97 Å². The van der Waals surface area contributed by atoms with Gasteiger partial charge in [0.2, 0.25) is 0 Å². The van der Waals surface area contributed by atoms with Gasteiger partial charge in [-0.25, -0.2) is 4.79 Å². The molecule has 7 heteroatoms. The van der Waals surface area contributed by atoms with Gasteiger partial charge in [-0.2, -0.15) is 0 Å². The van der Waals surface area contributed by atoms with Gasteiger partial charge in [0, 0.05) is 34.7 Å². The maximum Gasteiger partial charge on any atom is 0.356 e. The summed E-state index contributed by atoms with van der Waals surface area (Å²) in [5, 5.41) is 18.5. The highest BCUT2D eigenvalue weighted by atomic mass is 35.5. The molecule has 0 fully saturated rings. The van der Waals surface area contributed by atoms with Crippen LogP contribution in [0.1, 0.15) is 16.2 Å². The number of hydrogen-bond acceptors (Lipinski definition) is 4. The Morgan fingerprint density at radius 3 is 2.78 bits per heavy atom. The Hall–Kier alpha value is -2.60. The Morgan fingerprint density at radius 2 is 2.04 bits per heavy atom. The Balaban J connectivity index is 1.67. The van der Waals surface area contributed by atoms with E-state index in [0.717, 1.165) is 34.7 Å². The monoisotopic (exact) mass is 328 g/mol. The molecule has 1 aliphatic heterocycles. The van der Waals surface area contributed by atoms with Crippen LogP contribution in [-0.4, -0.2) is 32.4 Å². The fraction of sp³-hybridized carbons (Fsp3) is 0.188. The lowest BCUT2D eigenvalue weighted by atomic mass is 10.2. The third-order valence-electron chi connectivity index (χ3n) is 4.12. The molecule has 1 aliphatic rings. The predicted octanol–water partition coefficient (Wildman–Crippen LogP) is 2.80. The van der Waals surface area contributed by atoms with Crippen molar-refractivity contribution in [3.63, 3.8) is 0 Å². The van der Waals surface area contributed by atoms with Gasteiger partial charge < -0.3 is 14.6 Å². The lowest BCUT2D eigenvalue weighted by Crippen LogP contribution is -2.34. The highest BCUT2D eigenvalue weighted by molar-refractivity contribution is 6.35. The van der Waals surface area contributed by atoms with Crippen LogP contribution in [0.3, 0.4) is 0 Å². The molecule has 0 radical (unpaired) electrons. The zero-order valence-corrected chi connectivity index (χ0v) is 12.9. The van der Waals surface area contributed by atoms with Crippen molar-refractivity contribution in [2.75, 3.05) is 11.4 Å². The molecule has 3 heterocycles. The van der Waals surface area contributed by atoms with Gasteiger partial charge in [-0.1, -0.05) is 17.7 Å². The molecule has 0 unspecified atom stereocenters. The van der Waals surface area contributed by atoms with Gasteiger partial charge in [-0.3, -0.25) is 0 Å². The van der Waals surface area contributed by atoms with Crippen molar-refractivity contribution in [2.45, 2.75) is 13.1 Å². The molecule has 0 aliphatic carbocycles. The van der Waals surface area contributed by atoms with Crippen molar-refractivity contribution in [3.05, 3.63) is 52.8 Å². The van der Waals surface area contributed by atoms with E-state index in [1.807, 2.05) is 12.1 Å². The summed E-state index contributed by atoms with van der Waals surface area (Å²) < 4.78 is 2.26. The average Bonchev–Trinajstić information content (AvgIpc) is 2.94. The van der Waals surface area contributed by atoms with E-state index in [4.69, 9.17) is 16.7 Å². The number of benzene rings is 1. The summed E-state index contributed by atoms with van der Waals surface area (Å²) in [4.78, 5) is 12.9. The summed E-state index contributed by atoms with van der Waals surface area (Å²) in [6, 6.07) is 11.2. The summed E-state index contributed by atoms with van der Waals surface area (Å²) in [6.45, 7) is 2.29. The van der Waals surface area contributed by atoms with Crippen LogP contribution in [0.5, 0.6) is 0 Å². The van der Waals surface area contributed by atoms with Gasteiger partial charge in [0.15, 0.2) is 11.5 Å².